The van der Waals surface area contributed by atoms with Crippen molar-refractivity contribution in [2.24, 2.45) is 5.92 Å². The van der Waals surface area contributed by atoms with E-state index in [1.807, 2.05) is 42.5 Å². The maximum absolute atomic E-state index is 13.0. The molecule has 0 saturated carbocycles. The number of urea groups is 1. The van der Waals surface area contributed by atoms with Crippen molar-refractivity contribution < 1.29 is 18.5 Å². The summed E-state index contributed by atoms with van der Waals surface area (Å²) in [4.78, 5) is 26.5. The molecule has 3 N–H and O–H groups in total. The molecule has 3 aromatic rings. The van der Waals surface area contributed by atoms with Crippen LogP contribution in [0.4, 0.5) is 16.2 Å². The van der Waals surface area contributed by atoms with Gasteiger partial charge in [0.1, 0.15) is 5.75 Å². The van der Waals surface area contributed by atoms with Crippen molar-refractivity contribution in [2.75, 3.05) is 28.7 Å². The lowest BCUT2D eigenvalue weighted by molar-refractivity contribution is -0.119. The zero-order valence-corrected chi connectivity index (χ0v) is 23.4. The number of rotatable bonds is 8. The molecule has 2 unspecified atom stereocenters. The Bertz CT molecular complexity index is 1310. The maximum atomic E-state index is 13.0. The summed E-state index contributed by atoms with van der Waals surface area (Å²) in [7, 11) is -0.675. The van der Waals surface area contributed by atoms with E-state index in [2.05, 4.69) is 36.7 Å². The molecule has 1 aliphatic rings. The maximum Gasteiger partial charge on any atom is 0.323 e. The molecule has 0 aliphatic carbocycles. The number of hydrogen-bond acceptors (Lipinski definition) is 5. The number of thiophene rings is 1. The van der Waals surface area contributed by atoms with E-state index in [1.165, 1.54) is 6.92 Å². The van der Waals surface area contributed by atoms with Gasteiger partial charge in [0.15, 0.2) is 0 Å². The molecule has 2 atom stereocenters. The fourth-order valence-corrected chi connectivity index (χ4v) is 7.05. The first-order valence-electron chi connectivity index (χ1n) is 12.6. The molecule has 0 bridgehead atoms. The Morgan fingerprint density at radius 1 is 1.08 bits per heavy atom. The summed E-state index contributed by atoms with van der Waals surface area (Å²) < 4.78 is 17.7. The first-order chi connectivity index (χ1) is 17.6. The van der Waals surface area contributed by atoms with Crippen LogP contribution in [0, 0.1) is 5.92 Å². The highest BCUT2D eigenvalue weighted by Gasteiger charge is 2.22. The first kappa shape index (κ1) is 27.1. The van der Waals surface area contributed by atoms with Gasteiger partial charge in [0.05, 0.1) is 24.5 Å². The number of benzene rings is 2. The number of ether oxygens (including phenoxy) is 1. The predicted molar refractivity (Wildman–Crippen MR) is 153 cm³/mol. The summed E-state index contributed by atoms with van der Waals surface area (Å²) in [5, 5.41) is 10.6. The lowest BCUT2D eigenvalue weighted by Gasteiger charge is -2.15. The Morgan fingerprint density at radius 2 is 1.81 bits per heavy atom. The van der Waals surface area contributed by atoms with Gasteiger partial charge in [-0.15, -0.1) is 11.3 Å². The SMILES string of the molecule is CC(=O)NCc1sc(C(C)(C)C)cc1NC(=O)Nc1ccc(OCCC2CCS(=O)C2)c2ccccc12. The molecule has 9 heteroatoms. The average molecular weight is 542 g/mol. The molecule has 7 nitrogen and oxygen atoms in total. The second kappa shape index (κ2) is 11.6. The summed E-state index contributed by atoms with van der Waals surface area (Å²) in [5.74, 6) is 2.69. The minimum absolute atomic E-state index is 0.0765. The molecule has 1 saturated heterocycles. The van der Waals surface area contributed by atoms with E-state index in [0.29, 0.717) is 30.4 Å². The highest BCUT2D eigenvalue weighted by Crippen LogP contribution is 2.36. The van der Waals surface area contributed by atoms with Crippen LogP contribution in [0.25, 0.3) is 10.8 Å². The molecule has 2 heterocycles. The molecule has 1 fully saturated rings. The minimum atomic E-state index is -0.675. The zero-order valence-electron chi connectivity index (χ0n) is 21.8. The van der Waals surface area contributed by atoms with Crippen LogP contribution in [0.2, 0.25) is 0 Å². The molecule has 2 aromatic carbocycles. The van der Waals surface area contributed by atoms with Gasteiger partial charge < -0.3 is 20.7 Å². The molecule has 0 radical (unpaired) electrons. The summed E-state index contributed by atoms with van der Waals surface area (Å²) in [6, 6.07) is 13.2. The van der Waals surface area contributed by atoms with Gasteiger partial charge in [-0.05, 0) is 42.4 Å². The topological polar surface area (TPSA) is 96.5 Å². The van der Waals surface area contributed by atoms with Gasteiger partial charge >= 0.3 is 6.03 Å². The third-order valence-corrected chi connectivity index (χ3v) is 9.48. The van der Waals surface area contributed by atoms with Crippen LogP contribution in [-0.2, 0) is 27.6 Å². The third kappa shape index (κ3) is 7.11. The Hall–Kier alpha value is -2.91. The molecule has 1 aromatic heterocycles. The van der Waals surface area contributed by atoms with Crippen molar-refractivity contribution in [1.29, 1.82) is 0 Å². The van der Waals surface area contributed by atoms with Crippen LogP contribution in [0.3, 0.4) is 0 Å². The molecule has 37 heavy (non-hydrogen) atoms. The van der Waals surface area contributed by atoms with Crippen molar-refractivity contribution in [2.45, 2.75) is 52.5 Å². The predicted octanol–water partition coefficient (Wildman–Crippen LogP) is 6.02. The van der Waals surface area contributed by atoms with E-state index in [0.717, 1.165) is 50.6 Å². The average Bonchev–Trinajstić information content (AvgIpc) is 3.44. The quantitative estimate of drug-likeness (QED) is 0.325. The van der Waals surface area contributed by atoms with Crippen LogP contribution >= 0.6 is 11.3 Å². The van der Waals surface area contributed by atoms with Crippen LogP contribution in [0.5, 0.6) is 5.75 Å². The van der Waals surface area contributed by atoms with Gasteiger partial charge in [0.25, 0.3) is 0 Å². The smallest absolute Gasteiger partial charge is 0.323 e. The van der Waals surface area contributed by atoms with Crippen molar-refractivity contribution in [3.8, 4) is 5.75 Å². The van der Waals surface area contributed by atoms with Crippen LogP contribution in [-0.4, -0.2) is 34.3 Å². The Kier molecular flexibility index (Phi) is 8.54. The largest absolute Gasteiger partial charge is 0.493 e. The second-order valence-corrected chi connectivity index (χ2v) is 13.2. The normalized spacial score (nSPS) is 17.5. The molecular formula is C28H35N3O4S2. The lowest BCUT2D eigenvalue weighted by Crippen LogP contribution is -2.22. The number of carbonyl (C=O) groups excluding carboxylic acids is 2. The van der Waals surface area contributed by atoms with Crippen molar-refractivity contribution in [1.82, 2.24) is 5.32 Å². The van der Waals surface area contributed by atoms with Crippen molar-refractivity contribution in [3.63, 3.8) is 0 Å². The summed E-state index contributed by atoms with van der Waals surface area (Å²) >= 11 is 1.59. The van der Waals surface area contributed by atoms with Gasteiger partial charge in [-0.25, -0.2) is 4.79 Å². The van der Waals surface area contributed by atoms with E-state index < -0.39 is 10.8 Å². The number of anilines is 2. The van der Waals surface area contributed by atoms with Gasteiger partial charge in [0, 0.05) is 49.8 Å². The minimum Gasteiger partial charge on any atom is -0.493 e. The van der Waals surface area contributed by atoms with E-state index in [9.17, 15) is 13.8 Å². The highest BCUT2D eigenvalue weighted by atomic mass is 32.2. The number of nitrogens with one attached hydrogen (secondary N) is 3. The zero-order chi connectivity index (χ0) is 26.6. The van der Waals surface area contributed by atoms with Gasteiger partial charge in [-0.2, -0.15) is 0 Å². The summed E-state index contributed by atoms with van der Waals surface area (Å²) in [5.41, 5.74) is 1.30. The molecule has 0 spiro atoms. The van der Waals surface area contributed by atoms with Gasteiger partial charge in [-0.3, -0.25) is 9.00 Å². The molecule has 198 valence electrons. The molecule has 4 rings (SSSR count). The molecule has 1 aliphatic heterocycles. The fraction of sp³-hybridized carbons (Fsp3) is 0.429. The first-order valence-corrected chi connectivity index (χ1v) is 14.9. The van der Waals surface area contributed by atoms with E-state index >= 15 is 0 Å². The monoisotopic (exact) mass is 541 g/mol. The Morgan fingerprint density at radius 3 is 2.49 bits per heavy atom. The highest BCUT2D eigenvalue weighted by molar-refractivity contribution is 7.85. The lowest BCUT2D eigenvalue weighted by atomic mass is 9.94. The van der Waals surface area contributed by atoms with Crippen LogP contribution < -0.4 is 20.7 Å². The van der Waals surface area contributed by atoms with Crippen LogP contribution in [0.15, 0.2) is 42.5 Å². The van der Waals surface area contributed by atoms with Crippen molar-refractivity contribution in [3.05, 3.63) is 52.2 Å². The van der Waals surface area contributed by atoms with E-state index in [4.69, 9.17) is 4.74 Å². The van der Waals surface area contributed by atoms with Crippen LogP contribution in [0.1, 0.15) is 50.3 Å². The number of hydrogen-bond donors (Lipinski definition) is 3. The fourth-order valence-electron chi connectivity index (χ4n) is 4.31. The molecule has 3 amide bonds. The standard InChI is InChI=1S/C28H35N3O4S2/c1-18(32)29-16-25-23(15-26(36-25)28(2,3)4)31-27(33)30-22-9-10-24(21-8-6-5-7-20(21)22)35-13-11-19-12-14-37(34)17-19/h5-10,15,19H,11-14,16-17H2,1-4H3,(H,29,32)(H2,30,31,33). The van der Waals surface area contributed by atoms with Gasteiger partial charge in [0.2, 0.25) is 5.91 Å². The van der Waals surface area contributed by atoms with Crippen molar-refractivity contribution >= 4 is 56.2 Å². The third-order valence-electron chi connectivity index (χ3n) is 6.39. The number of carbonyl (C=O) groups is 2. The molecular weight excluding hydrogens is 506 g/mol. The second-order valence-electron chi connectivity index (χ2n) is 10.4. The number of fused-ring (bicyclic) bond motifs is 1. The Balaban J connectivity index is 1.47. The number of amides is 3. The summed E-state index contributed by atoms with van der Waals surface area (Å²) in [6.07, 6.45) is 1.89. The van der Waals surface area contributed by atoms with E-state index in [1.54, 1.807) is 11.3 Å². The Labute approximate surface area is 224 Å². The van der Waals surface area contributed by atoms with Gasteiger partial charge in [-0.1, -0.05) is 45.0 Å². The van der Waals surface area contributed by atoms with E-state index in [-0.39, 0.29) is 17.4 Å². The summed E-state index contributed by atoms with van der Waals surface area (Å²) in [6.45, 7) is 8.77.